The van der Waals surface area contributed by atoms with Crippen molar-refractivity contribution in [2.45, 2.75) is 32.8 Å². The molecule has 0 radical (unpaired) electrons. The molecule has 0 aliphatic carbocycles. The molecule has 31 heavy (non-hydrogen) atoms. The second-order valence-electron chi connectivity index (χ2n) is 7.38. The average molecular weight is 423 g/mol. The van der Waals surface area contributed by atoms with Crippen molar-refractivity contribution in [1.29, 1.82) is 0 Å². The molecule has 1 amide bonds. The van der Waals surface area contributed by atoms with Crippen molar-refractivity contribution in [3.05, 3.63) is 76.1 Å². The van der Waals surface area contributed by atoms with Crippen molar-refractivity contribution in [3.63, 3.8) is 0 Å². The third-order valence-corrected chi connectivity index (χ3v) is 4.91. The van der Waals surface area contributed by atoms with Crippen molar-refractivity contribution >= 4 is 22.8 Å². The largest absolute Gasteiger partial charge is 0.482 e. The van der Waals surface area contributed by atoms with E-state index in [0.717, 1.165) is 16.5 Å². The molecule has 7 nitrogen and oxygen atoms in total. The lowest BCUT2D eigenvalue weighted by atomic mass is 10.0. The van der Waals surface area contributed by atoms with E-state index in [1.54, 1.807) is 12.1 Å². The highest BCUT2D eigenvalue weighted by molar-refractivity contribution is 5.84. The number of hydrogen-bond acceptors (Lipinski definition) is 6. The maximum Gasteiger partial charge on any atom is 0.344 e. The van der Waals surface area contributed by atoms with E-state index in [4.69, 9.17) is 13.9 Å². The SMILES string of the molecule is Cc1cc(=O)oc2cc(OCC(=O)O[C@@H](C)C(=O)NC[C@@H](C)c3ccccc3)ccc12. The number of hydrogen-bond donors (Lipinski definition) is 1. The first-order valence-corrected chi connectivity index (χ1v) is 10.0. The molecule has 1 N–H and O–H groups in total. The van der Waals surface area contributed by atoms with Gasteiger partial charge in [0.25, 0.3) is 5.91 Å². The molecule has 2 aromatic carbocycles. The first-order chi connectivity index (χ1) is 14.8. The van der Waals surface area contributed by atoms with Crippen LogP contribution < -0.4 is 15.7 Å². The number of benzene rings is 2. The number of nitrogens with one attached hydrogen (secondary N) is 1. The molecule has 0 fully saturated rings. The van der Waals surface area contributed by atoms with Crippen LogP contribution in [-0.4, -0.2) is 31.1 Å². The van der Waals surface area contributed by atoms with E-state index >= 15 is 0 Å². The van der Waals surface area contributed by atoms with Crippen LogP contribution in [0.25, 0.3) is 11.0 Å². The molecule has 162 valence electrons. The molecule has 0 bridgehead atoms. The van der Waals surface area contributed by atoms with E-state index in [9.17, 15) is 14.4 Å². The van der Waals surface area contributed by atoms with Crippen molar-refractivity contribution in [2.75, 3.05) is 13.2 Å². The zero-order valence-electron chi connectivity index (χ0n) is 17.7. The lowest BCUT2D eigenvalue weighted by Gasteiger charge is -2.17. The molecule has 0 aliphatic rings. The molecule has 0 spiro atoms. The summed E-state index contributed by atoms with van der Waals surface area (Å²) in [5.41, 5.74) is 1.82. The molecule has 0 saturated carbocycles. The summed E-state index contributed by atoms with van der Waals surface area (Å²) in [4.78, 5) is 35.8. The van der Waals surface area contributed by atoms with Crippen molar-refractivity contribution < 1.29 is 23.5 Å². The molecular weight excluding hydrogens is 398 g/mol. The summed E-state index contributed by atoms with van der Waals surface area (Å²) in [6, 6.07) is 16.2. The van der Waals surface area contributed by atoms with Crippen LogP contribution in [0, 0.1) is 6.92 Å². The second-order valence-corrected chi connectivity index (χ2v) is 7.38. The maximum atomic E-state index is 12.2. The quantitative estimate of drug-likeness (QED) is 0.441. The Labute approximate surface area is 180 Å². The summed E-state index contributed by atoms with van der Waals surface area (Å²) in [7, 11) is 0. The molecule has 0 aliphatic heterocycles. The highest BCUT2D eigenvalue weighted by Crippen LogP contribution is 2.22. The molecule has 1 aromatic heterocycles. The summed E-state index contributed by atoms with van der Waals surface area (Å²) in [5.74, 6) is -0.566. The molecular formula is C24H25NO6. The Morgan fingerprint density at radius 3 is 2.55 bits per heavy atom. The minimum absolute atomic E-state index is 0.132. The standard InChI is InChI=1S/C24H25NO6/c1-15-11-22(26)31-21-12-19(9-10-20(15)21)29-14-23(27)30-17(3)24(28)25-13-16(2)18-7-5-4-6-8-18/h4-12,16-17H,13-14H2,1-3H3,(H,25,28)/t16-,17+/m1/s1. The first-order valence-electron chi connectivity index (χ1n) is 10.0. The molecule has 1 heterocycles. The number of aryl methyl sites for hydroxylation is 1. The number of esters is 1. The highest BCUT2D eigenvalue weighted by Gasteiger charge is 2.19. The molecule has 7 heteroatoms. The van der Waals surface area contributed by atoms with Crippen LogP contribution in [0.5, 0.6) is 5.75 Å². The second kappa shape index (κ2) is 9.93. The topological polar surface area (TPSA) is 94.8 Å². The third kappa shape index (κ3) is 5.94. The summed E-state index contributed by atoms with van der Waals surface area (Å²) >= 11 is 0. The van der Waals surface area contributed by atoms with E-state index in [1.807, 2.05) is 44.2 Å². The number of carbonyl (C=O) groups excluding carboxylic acids is 2. The van der Waals surface area contributed by atoms with E-state index in [1.165, 1.54) is 19.1 Å². The van der Waals surface area contributed by atoms with E-state index in [0.29, 0.717) is 17.9 Å². The van der Waals surface area contributed by atoms with Gasteiger partial charge in [0, 0.05) is 24.1 Å². The van der Waals surface area contributed by atoms with Crippen LogP contribution in [0.4, 0.5) is 0 Å². The average Bonchev–Trinajstić information content (AvgIpc) is 2.75. The smallest absolute Gasteiger partial charge is 0.344 e. The zero-order chi connectivity index (χ0) is 22.4. The van der Waals surface area contributed by atoms with Crippen LogP contribution >= 0.6 is 0 Å². The Morgan fingerprint density at radius 1 is 1.06 bits per heavy atom. The number of ether oxygens (including phenoxy) is 2. The van der Waals surface area contributed by atoms with Gasteiger partial charge in [-0.25, -0.2) is 9.59 Å². The Bertz CT molecular complexity index is 1120. The van der Waals surface area contributed by atoms with Crippen LogP contribution in [0.2, 0.25) is 0 Å². The fourth-order valence-corrected chi connectivity index (χ4v) is 3.12. The lowest BCUT2D eigenvalue weighted by molar-refractivity contribution is -0.156. The van der Waals surface area contributed by atoms with Gasteiger partial charge >= 0.3 is 11.6 Å². The van der Waals surface area contributed by atoms with Gasteiger partial charge in [-0.1, -0.05) is 37.3 Å². The van der Waals surface area contributed by atoms with E-state index in [2.05, 4.69) is 5.32 Å². The van der Waals surface area contributed by atoms with Crippen LogP contribution in [-0.2, 0) is 14.3 Å². The third-order valence-electron chi connectivity index (χ3n) is 4.91. The Kier molecular flexibility index (Phi) is 7.07. The molecule has 0 unspecified atom stereocenters. The summed E-state index contributed by atoms with van der Waals surface area (Å²) < 4.78 is 15.7. The highest BCUT2D eigenvalue weighted by atomic mass is 16.6. The Morgan fingerprint density at radius 2 is 1.81 bits per heavy atom. The van der Waals surface area contributed by atoms with E-state index in [-0.39, 0.29) is 18.4 Å². The minimum Gasteiger partial charge on any atom is -0.482 e. The van der Waals surface area contributed by atoms with E-state index < -0.39 is 17.7 Å². The zero-order valence-corrected chi connectivity index (χ0v) is 17.7. The maximum absolute atomic E-state index is 12.2. The summed E-state index contributed by atoms with van der Waals surface area (Å²) in [5, 5.41) is 3.57. The monoisotopic (exact) mass is 423 g/mol. The normalized spacial score (nSPS) is 12.7. The number of fused-ring (bicyclic) bond motifs is 1. The number of carbonyl (C=O) groups is 2. The number of amides is 1. The Balaban J connectivity index is 1.48. The molecule has 2 atom stereocenters. The summed E-state index contributed by atoms with van der Waals surface area (Å²) in [6.07, 6.45) is -0.948. The van der Waals surface area contributed by atoms with Gasteiger partial charge in [0.2, 0.25) is 0 Å². The van der Waals surface area contributed by atoms with Crippen molar-refractivity contribution in [1.82, 2.24) is 5.32 Å². The van der Waals surface area contributed by atoms with Gasteiger partial charge < -0.3 is 19.2 Å². The summed E-state index contributed by atoms with van der Waals surface area (Å²) in [6.45, 7) is 5.38. The lowest BCUT2D eigenvalue weighted by Crippen LogP contribution is -2.38. The number of rotatable bonds is 8. The van der Waals surface area contributed by atoms with Crippen molar-refractivity contribution in [2.24, 2.45) is 0 Å². The van der Waals surface area contributed by atoms with Gasteiger partial charge in [-0.3, -0.25) is 4.79 Å². The minimum atomic E-state index is -0.948. The van der Waals surface area contributed by atoms with Crippen LogP contribution in [0.15, 0.2) is 63.8 Å². The van der Waals surface area contributed by atoms with Gasteiger partial charge in [0.05, 0.1) is 0 Å². The Hall–Kier alpha value is -3.61. The molecule has 3 aromatic rings. The predicted molar refractivity (Wildman–Crippen MR) is 116 cm³/mol. The molecule has 0 saturated heterocycles. The molecule has 3 rings (SSSR count). The van der Waals surface area contributed by atoms with Gasteiger partial charge in [-0.15, -0.1) is 0 Å². The fraction of sp³-hybridized carbons (Fsp3) is 0.292. The van der Waals surface area contributed by atoms with Gasteiger partial charge in [0.15, 0.2) is 12.7 Å². The first kappa shape index (κ1) is 22.1. The van der Waals surface area contributed by atoms with Gasteiger partial charge in [-0.2, -0.15) is 0 Å². The van der Waals surface area contributed by atoms with Crippen molar-refractivity contribution in [3.8, 4) is 5.75 Å². The van der Waals surface area contributed by atoms with Crippen LogP contribution in [0.1, 0.15) is 30.9 Å². The van der Waals surface area contributed by atoms with Crippen LogP contribution in [0.3, 0.4) is 0 Å². The van der Waals surface area contributed by atoms with Gasteiger partial charge in [-0.05, 0) is 43.0 Å². The predicted octanol–water partition coefficient (Wildman–Crippen LogP) is 3.33. The van der Waals surface area contributed by atoms with Gasteiger partial charge in [0.1, 0.15) is 11.3 Å². The fourth-order valence-electron chi connectivity index (χ4n) is 3.12.